The van der Waals surface area contributed by atoms with E-state index in [1.165, 1.54) is 17.5 Å². The molecule has 0 unspecified atom stereocenters. The average molecular weight is 219 g/mol. The van der Waals surface area contributed by atoms with Crippen molar-refractivity contribution in [2.24, 2.45) is 5.41 Å². The van der Waals surface area contributed by atoms with E-state index in [2.05, 4.69) is 64.2 Å². The minimum atomic E-state index is 0.416. The van der Waals surface area contributed by atoms with Crippen LogP contribution in [0.3, 0.4) is 0 Å². The van der Waals surface area contributed by atoms with Crippen LogP contribution in [-0.2, 0) is 0 Å². The molecule has 1 heteroatoms. The minimum absolute atomic E-state index is 0.416. The molecule has 1 aromatic rings. The van der Waals surface area contributed by atoms with Crippen LogP contribution in [0.4, 0.5) is 0 Å². The van der Waals surface area contributed by atoms with E-state index in [1.807, 2.05) is 0 Å². The Labute approximate surface area is 100 Å². The molecule has 16 heavy (non-hydrogen) atoms. The molecule has 1 nitrogen and oxygen atoms in total. The van der Waals surface area contributed by atoms with Crippen molar-refractivity contribution in [2.45, 2.75) is 47.1 Å². The number of hydrogen-bond donors (Lipinski definition) is 1. The minimum Gasteiger partial charge on any atom is -0.310 e. The number of rotatable bonds is 4. The lowest BCUT2D eigenvalue weighted by Gasteiger charge is -2.21. The van der Waals surface area contributed by atoms with Crippen molar-refractivity contribution >= 4 is 0 Å². The van der Waals surface area contributed by atoms with Crippen molar-refractivity contribution in [1.29, 1.82) is 0 Å². The summed E-state index contributed by atoms with van der Waals surface area (Å²) in [5.74, 6) is 0. The van der Waals surface area contributed by atoms with Crippen molar-refractivity contribution in [3.63, 3.8) is 0 Å². The Kier molecular flexibility index (Phi) is 4.55. The fourth-order valence-corrected chi connectivity index (χ4v) is 1.72. The molecule has 1 rings (SSSR count). The molecular weight excluding hydrogens is 194 g/mol. The molecule has 0 bridgehead atoms. The van der Waals surface area contributed by atoms with E-state index in [-0.39, 0.29) is 0 Å². The van der Waals surface area contributed by atoms with Crippen LogP contribution in [-0.4, -0.2) is 6.54 Å². The van der Waals surface area contributed by atoms with Crippen LogP contribution in [0.25, 0.3) is 0 Å². The van der Waals surface area contributed by atoms with Crippen LogP contribution in [0.2, 0.25) is 0 Å². The summed E-state index contributed by atoms with van der Waals surface area (Å²) >= 11 is 0. The van der Waals surface area contributed by atoms with Crippen LogP contribution < -0.4 is 5.32 Å². The Morgan fingerprint density at radius 1 is 1.25 bits per heavy atom. The molecule has 0 aliphatic rings. The van der Waals surface area contributed by atoms with Gasteiger partial charge in [0.2, 0.25) is 0 Å². The number of nitrogens with one attached hydrogen (secondary N) is 1. The molecule has 0 aliphatic carbocycles. The molecule has 1 atom stereocenters. The largest absolute Gasteiger partial charge is 0.310 e. The first-order valence-electron chi connectivity index (χ1n) is 6.18. The summed E-state index contributed by atoms with van der Waals surface area (Å²) in [4.78, 5) is 0. The normalized spacial score (nSPS) is 13.8. The van der Waals surface area contributed by atoms with Crippen molar-refractivity contribution in [1.82, 2.24) is 5.32 Å². The van der Waals surface area contributed by atoms with Gasteiger partial charge in [0.15, 0.2) is 0 Å². The van der Waals surface area contributed by atoms with Gasteiger partial charge in [-0.05, 0) is 37.8 Å². The third-order valence-electron chi connectivity index (χ3n) is 2.87. The van der Waals surface area contributed by atoms with Gasteiger partial charge in [-0.3, -0.25) is 0 Å². The van der Waals surface area contributed by atoms with Gasteiger partial charge in [-0.1, -0.05) is 50.6 Å². The predicted octanol–water partition coefficient (Wildman–Crippen LogP) is 4.08. The topological polar surface area (TPSA) is 12.0 Å². The second-order valence-corrected chi connectivity index (χ2v) is 5.90. The lowest BCUT2D eigenvalue weighted by Crippen LogP contribution is -2.23. The number of benzene rings is 1. The fraction of sp³-hybridized carbons (Fsp3) is 0.600. The van der Waals surface area contributed by atoms with E-state index in [0.717, 1.165) is 6.54 Å². The van der Waals surface area contributed by atoms with Gasteiger partial charge in [0, 0.05) is 6.04 Å². The number of aryl methyl sites for hydroxylation is 1. The summed E-state index contributed by atoms with van der Waals surface area (Å²) in [5.41, 5.74) is 3.13. The molecule has 0 aromatic heterocycles. The molecular formula is C15H25N. The molecule has 90 valence electrons. The maximum absolute atomic E-state index is 3.58. The number of hydrogen-bond acceptors (Lipinski definition) is 1. The zero-order valence-corrected chi connectivity index (χ0v) is 11.3. The van der Waals surface area contributed by atoms with Gasteiger partial charge in [-0.15, -0.1) is 0 Å². The first kappa shape index (κ1) is 13.2. The van der Waals surface area contributed by atoms with Crippen molar-refractivity contribution < 1.29 is 0 Å². The summed E-state index contributed by atoms with van der Waals surface area (Å²) in [7, 11) is 0. The second kappa shape index (κ2) is 5.49. The molecule has 0 saturated carbocycles. The monoisotopic (exact) mass is 219 g/mol. The Hall–Kier alpha value is -0.820. The highest BCUT2D eigenvalue weighted by molar-refractivity contribution is 5.24. The molecule has 0 aliphatic heterocycles. The summed E-state index contributed by atoms with van der Waals surface area (Å²) in [5, 5.41) is 3.58. The second-order valence-electron chi connectivity index (χ2n) is 5.90. The van der Waals surface area contributed by atoms with Crippen LogP contribution in [0.1, 0.15) is 51.3 Å². The fourth-order valence-electron chi connectivity index (χ4n) is 1.72. The molecule has 1 N–H and O–H groups in total. The Morgan fingerprint density at radius 2 is 1.94 bits per heavy atom. The van der Waals surface area contributed by atoms with Gasteiger partial charge in [-0.25, -0.2) is 0 Å². The van der Waals surface area contributed by atoms with Crippen molar-refractivity contribution in [3.8, 4) is 0 Å². The summed E-state index contributed by atoms with van der Waals surface area (Å²) in [6, 6.07) is 9.18. The van der Waals surface area contributed by atoms with E-state index in [1.54, 1.807) is 0 Å². The molecule has 0 heterocycles. The third-order valence-corrected chi connectivity index (χ3v) is 2.87. The van der Waals surface area contributed by atoms with Gasteiger partial charge in [0.1, 0.15) is 0 Å². The van der Waals surface area contributed by atoms with Gasteiger partial charge < -0.3 is 5.32 Å². The van der Waals surface area contributed by atoms with Gasteiger partial charge >= 0.3 is 0 Å². The zero-order valence-electron chi connectivity index (χ0n) is 11.3. The van der Waals surface area contributed by atoms with Crippen molar-refractivity contribution in [3.05, 3.63) is 35.4 Å². The zero-order chi connectivity index (χ0) is 12.2. The first-order chi connectivity index (χ1) is 7.38. The van der Waals surface area contributed by atoms with Gasteiger partial charge in [0.05, 0.1) is 0 Å². The maximum Gasteiger partial charge on any atom is 0.0291 e. The van der Waals surface area contributed by atoms with E-state index in [9.17, 15) is 0 Å². The Bertz CT molecular complexity index is 322. The molecule has 1 aromatic carbocycles. The standard InChI is InChI=1S/C15H25N/c1-12-7-6-8-14(11-12)13(2)16-10-9-15(3,4)5/h6-8,11,13,16H,9-10H2,1-5H3/t13-/m0/s1. The molecule has 0 fully saturated rings. The SMILES string of the molecule is Cc1cccc([C@H](C)NCCC(C)(C)C)c1. The van der Waals surface area contributed by atoms with Crippen LogP contribution in [0, 0.1) is 12.3 Å². The Morgan fingerprint density at radius 3 is 2.50 bits per heavy atom. The van der Waals surface area contributed by atoms with Gasteiger partial charge in [0.25, 0.3) is 0 Å². The lowest BCUT2D eigenvalue weighted by molar-refractivity contribution is 0.358. The molecule has 0 amide bonds. The van der Waals surface area contributed by atoms with E-state index >= 15 is 0 Å². The summed E-state index contributed by atoms with van der Waals surface area (Å²) in [6.07, 6.45) is 1.21. The van der Waals surface area contributed by atoms with Crippen LogP contribution >= 0.6 is 0 Å². The van der Waals surface area contributed by atoms with E-state index < -0.39 is 0 Å². The molecule has 0 saturated heterocycles. The first-order valence-corrected chi connectivity index (χ1v) is 6.18. The predicted molar refractivity (Wildman–Crippen MR) is 71.7 cm³/mol. The maximum atomic E-state index is 3.58. The van der Waals surface area contributed by atoms with E-state index in [0.29, 0.717) is 11.5 Å². The summed E-state index contributed by atoms with van der Waals surface area (Å²) < 4.78 is 0. The molecule has 0 radical (unpaired) electrons. The lowest BCUT2D eigenvalue weighted by atomic mass is 9.92. The molecule has 0 spiro atoms. The van der Waals surface area contributed by atoms with Crippen LogP contribution in [0.5, 0.6) is 0 Å². The quantitative estimate of drug-likeness (QED) is 0.804. The van der Waals surface area contributed by atoms with Gasteiger partial charge in [-0.2, -0.15) is 0 Å². The Balaban J connectivity index is 2.44. The highest BCUT2D eigenvalue weighted by Gasteiger charge is 2.11. The van der Waals surface area contributed by atoms with Crippen molar-refractivity contribution in [2.75, 3.05) is 6.54 Å². The van der Waals surface area contributed by atoms with Crippen LogP contribution in [0.15, 0.2) is 24.3 Å². The highest BCUT2D eigenvalue weighted by atomic mass is 14.9. The third kappa shape index (κ3) is 4.80. The highest BCUT2D eigenvalue weighted by Crippen LogP contribution is 2.19. The average Bonchev–Trinajstić information content (AvgIpc) is 2.15. The smallest absolute Gasteiger partial charge is 0.0291 e. The van der Waals surface area contributed by atoms with E-state index in [4.69, 9.17) is 0 Å². The summed E-state index contributed by atoms with van der Waals surface area (Å²) in [6.45, 7) is 12.3.